The lowest BCUT2D eigenvalue weighted by atomic mass is 9.80. The molecule has 0 aromatic heterocycles. The summed E-state index contributed by atoms with van der Waals surface area (Å²) >= 11 is 0. The number of Topliss-reactive ketones (excluding diaryl/α,β-unsaturated/α-hetero) is 2. The molecule has 0 heterocycles. The lowest BCUT2D eigenvalue weighted by molar-refractivity contribution is -0.162. The molecule has 0 saturated heterocycles. The van der Waals surface area contributed by atoms with Crippen molar-refractivity contribution in [2.45, 2.75) is 40.5 Å². The lowest BCUT2D eigenvalue weighted by Gasteiger charge is -2.22. The largest absolute Gasteiger partial charge is 0.499 e. The van der Waals surface area contributed by atoms with Gasteiger partial charge in [0.1, 0.15) is 0 Å². The molecule has 0 aromatic carbocycles. The molecular formula is C15H22O5. The first-order chi connectivity index (χ1) is 9.40. The van der Waals surface area contributed by atoms with Gasteiger partial charge in [-0.3, -0.25) is 14.4 Å². The Morgan fingerprint density at radius 1 is 1.25 bits per heavy atom. The molecule has 0 aliphatic heterocycles. The van der Waals surface area contributed by atoms with Gasteiger partial charge in [0, 0.05) is 5.92 Å². The van der Waals surface area contributed by atoms with Crippen LogP contribution in [0.4, 0.5) is 0 Å². The van der Waals surface area contributed by atoms with E-state index in [1.165, 1.54) is 6.92 Å². The molecular weight excluding hydrogens is 260 g/mol. The third kappa shape index (κ3) is 2.92. The minimum atomic E-state index is -1.62. The van der Waals surface area contributed by atoms with Gasteiger partial charge in [0.25, 0.3) is 0 Å². The minimum absolute atomic E-state index is 0.152. The van der Waals surface area contributed by atoms with Gasteiger partial charge in [0.15, 0.2) is 17.0 Å². The van der Waals surface area contributed by atoms with E-state index in [1.807, 2.05) is 6.92 Å². The monoisotopic (exact) mass is 282 g/mol. The van der Waals surface area contributed by atoms with Crippen molar-refractivity contribution in [3.63, 3.8) is 0 Å². The van der Waals surface area contributed by atoms with E-state index in [9.17, 15) is 14.4 Å². The van der Waals surface area contributed by atoms with Crippen LogP contribution in [0.3, 0.4) is 0 Å². The third-order valence-corrected chi connectivity index (χ3v) is 3.62. The smallest absolute Gasteiger partial charge is 0.327 e. The van der Waals surface area contributed by atoms with Crippen LogP contribution in [0.5, 0.6) is 0 Å². The maximum atomic E-state index is 12.5. The van der Waals surface area contributed by atoms with E-state index in [0.29, 0.717) is 18.8 Å². The van der Waals surface area contributed by atoms with Gasteiger partial charge in [-0.1, -0.05) is 0 Å². The van der Waals surface area contributed by atoms with Crippen molar-refractivity contribution in [3.05, 3.63) is 11.8 Å². The highest BCUT2D eigenvalue weighted by Gasteiger charge is 2.57. The van der Waals surface area contributed by atoms with Crippen molar-refractivity contribution < 1.29 is 23.9 Å². The number of carbonyl (C=O) groups is 3. The Kier molecular flexibility index (Phi) is 5.48. The highest BCUT2D eigenvalue weighted by molar-refractivity contribution is 6.23. The number of hydrogen-bond donors (Lipinski definition) is 0. The summed E-state index contributed by atoms with van der Waals surface area (Å²) in [5, 5.41) is 0. The maximum absolute atomic E-state index is 12.5. The first-order valence-electron chi connectivity index (χ1n) is 6.93. The van der Waals surface area contributed by atoms with Gasteiger partial charge < -0.3 is 9.47 Å². The zero-order chi connectivity index (χ0) is 15.3. The zero-order valence-corrected chi connectivity index (χ0v) is 12.5. The van der Waals surface area contributed by atoms with E-state index in [4.69, 9.17) is 9.47 Å². The number of rotatable bonds is 6. The van der Waals surface area contributed by atoms with Gasteiger partial charge in [-0.2, -0.15) is 0 Å². The van der Waals surface area contributed by atoms with Gasteiger partial charge >= 0.3 is 5.97 Å². The van der Waals surface area contributed by atoms with Crippen LogP contribution in [0.1, 0.15) is 40.5 Å². The van der Waals surface area contributed by atoms with E-state index in [2.05, 4.69) is 0 Å². The normalized spacial score (nSPS) is 26.5. The number of ketones is 2. The molecule has 5 heteroatoms. The first kappa shape index (κ1) is 16.4. The van der Waals surface area contributed by atoms with Gasteiger partial charge in [-0.05, 0) is 46.6 Å². The molecule has 1 saturated carbocycles. The molecule has 20 heavy (non-hydrogen) atoms. The topological polar surface area (TPSA) is 69.7 Å². The minimum Gasteiger partial charge on any atom is -0.499 e. The SMILES string of the molecule is CCOC(=O)C1(C(C)=O)CCC(/C=C(/C)OCC)C1=O. The summed E-state index contributed by atoms with van der Waals surface area (Å²) in [5.41, 5.74) is -1.62. The van der Waals surface area contributed by atoms with Crippen LogP contribution in [0.15, 0.2) is 11.8 Å². The fraction of sp³-hybridized carbons (Fsp3) is 0.667. The first-order valence-corrected chi connectivity index (χ1v) is 6.93. The predicted octanol–water partition coefficient (Wildman–Crippen LogP) is 2.04. The predicted molar refractivity (Wildman–Crippen MR) is 72.9 cm³/mol. The Bertz CT molecular complexity index is 438. The third-order valence-electron chi connectivity index (χ3n) is 3.62. The Hall–Kier alpha value is -1.65. The molecule has 0 bridgehead atoms. The fourth-order valence-electron chi connectivity index (χ4n) is 2.61. The summed E-state index contributed by atoms with van der Waals surface area (Å²) in [7, 11) is 0. The van der Waals surface area contributed by atoms with Crippen molar-refractivity contribution in [2.24, 2.45) is 11.3 Å². The van der Waals surface area contributed by atoms with Crippen LogP contribution in [0, 0.1) is 11.3 Å². The Labute approximate surface area is 119 Å². The molecule has 0 spiro atoms. The molecule has 1 aliphatic rings. The quantitative estimate of drug-likeness (QED) is 0.423. The van der Waals surface area contributed by atoms with Crippen molar-refractivity contribution in [3.8, 4) is 0 Å². The Morgan fingerprint density at radius 2 is 1.85 bits per heavy atom. The van der Waals surface area contributed by atoms with E-state index < -0.39 is 23.1 Å². The molecule has 0 radical (unpaired) electrons. The molecule has 0 amide bonds. The second kappa shape index (κ2) is 6.68. The van der Waals surface area contributed by atoms with Crippen molar-refractivity contribution in [2.75, 3.05) is 13.2 Å². The molecule has 0 aromatic rings. The van der Waals surface area contributed by atoms with Gasteiger partial charge in [-0.15, -0.1) is 0 Å². The number of ether oxygens (including phenoxy) is 2. The van der Waals surface area contributed by atoms with E-state index >= 15 is 0 Å². The van der Waals surface area contributed by atoms with Crippen LogP contribution < -0.4 is 0 Å². The van der Waals surface area contributed by atoms with Crippen molar-refractivity contribution in [1.29, 1.82) is 0 Å². The summed E-state index contributed by atoms with van der Waals surface area (Å²) in [6, 6.07) is 0. The summed E-state index contributed by atoms with van der Waals surface area (Å²) in [6.45, 7) is 7.21. The summed E-state index contributed by atoms with van der Waals surface area (Å²) in [6.07, 6.45) is 2.36. The molecule has 5 nitrogen and oxygen atoms in total. The standard InChI is InChI=1S/C15H22O5/c1-5-19-10(3)9-12-7-8-15(11(4)16,13(12)17)14(18)20-6-2/h9,12H,5-8H2,1-4H3/b10-9-. The van der Waals surface area contributed by atoms with E-state index in [0.717, 1.165) is 0 Å². The summed E-state index contributed by atoms with van der Waals surface area (Å²) in [4.78, 5) is 36.4. The number of allylic oxidation sites excluding steroid dienone is 2. The van der Waals surface area contributed by atoms with Crippen molar-refractivity contribution >= 4 is 17.5 Å². The maximum Gasteiger partial charge on any atom is 0.327 e. The molecule has 112 valence electrons. The fourth-order valence-corrected chi connectivity index (χ4v) is 2.61. The highest BCUT2D eigenvalue weighted by Crippen LogP contribution is 2.41. The summed E-state index contributed by atoms with van der Waals surface area (Å²) in [5.74, 6) is -1.36. The second-order valence-electron chi connectivity index (χ2n) is 4.90. The average molecular weight is 282 g/mol. The highest BCUT2D eigenvalue weighted by atomic mass is 16.5. The average Bonchev–Trinajstić information content (AvgIpc) is 2.69. The zero-order valence-electron chi connectivity index (χ0n) is 12.5. The van der Waals surface area contributed by atoms with Crippen LogP contribution in [0.2, 0.25) is 0 Å². The van der Waals surface area contributed by atoms with Crippen LogP contribution in [0.25, 0.3) is 0 Å². The molecule has 1 aliphatic carbocycles. The number of esters is 1. The molecule has 0 N–H and O–H groups in total. The Morgan fingerprint density at radius 3 is 2.35 bits per heavy atom. The van der Waals surface area contributed by atoms with Crippen molar-refractivity contribution in [1.82, 2.24) is 0 Å². The molecule has 2 unspecified atom stereocenters. The van der Waals surface area contributed by atoms with Crippen LogP contribution in [-0.2, 0) is 23.9 Å². The van der Waals surface area contributed by atoms with Crippen LogP contribution in [-0.4, -0.2) is 30.7 Å². The molecule has 1 rings (SSSR count). The molecule has 1 fully saturated rings. The van der Waals surface area contributed by atoms with E-state index in [-0.39, 0.29) is 18.8 Å². The van der Waals surface area contributed by atoms with Gasteiger partial charge in [-0.25, -0.2) is 0 Å². The lowest BCUT2D eigenvalue weighted by Crippen LogP contribution is -2.44. The van der Waals surface area contributed by atoms with Crippen LogP contribution >= 0.6 is 0 Å². The number of carbonyl (C=O) groups excluding carboxylic acids is 3. The summed E-state index contributed by atoms with van der Waals surface area (Å²) < 4.78 is 10.2. The molecule has 2 atom stereocenters. The Balaban J connectivity index is 3.02. The van der Waals surface area contributed by atoms with E-state index in [1.54, 1.807) is 19.9 Å². The number of hydrogen-bond acceptors (Lipinski definition) is 5. The second-order valence-corrected chi connectivity index (χ2v) is 4.90. The van der Waals surface area contributed by atoms with Gasteiger partial charge in [0.2, 0.25) is 0 Å². The van der Waals surface area contributed by atoms with Gasteiger partial charge in [0.05, 0.1) is 19.0 Å².